The highest BCUT2D eigenvalue weighted by Gasteiger charge is 2.23. The molecule has 1 amide bonds. The summed E-state index contributed by atoms with van der Waals surface area (Å²) in [4.78, 5) is 12.2. The van der Waals surface area contributed by atoms with Crippen molar-refractivity contribution in [1.29, 1.82) is 0 Å². The summed E-state index contributed by atoms with van der Waals surface area (Å²) in [5, 5.41) is 11.4. The zero-order valence-corrected chi connectivity index (χ0v) is 14.3. The van der Waals surface area contributed by atoms with E-state index in [0.29, 0.717) is 19.8 Å². The van der Waals surface area contributed by atoms with Gasteiger partial charge in [0.15, 0.2) is 0 Å². The normalized spacial score (nSPS) is 16.5. The third kappa shape index (κ3) is 3.81. The smallest absolute Gasteiger partial charge is 0.229 e. The molecular weight excluding hydrogens is 328 g/mol. The van der Waals surface area contributed by atoms with E-state index in [1.54, 1.807) is 0 Å². The third-order valence-corrected chi connectivity index (χ3v) is 4.45. The Hall–Kier alpha value is -2.99. The minimum atomic E-state index is -0.0644. The number of rotatable bonds is 5. The number of amides is 1. The molecule has 1 saturated heterocycles. The molecule has 0 bridgehead atoms. The van der Waals surface area contributed by atoms with Crippen LogP contribution >= 0.6 is 0 Å². The minimum absolute atomic E-state index is 0.00684. The van der Waals surface area contributed by atoms with Crippen LogP contribution in [0, 0.1) is 5.92 Å². The van der Waals surface area contributed by atoms with E-state index in [-0.39, 0.29) is 11.8 Å². The van der Waals surface area contributed by atoms with Crippen LogP contribution in [0.25, 0.3) is 11.3 Å². The molecule has 4 rings (SSSR count). The van der Waals surface area contributed by atoms with E-state index in [1.165, 1.54) is 5.56 Å². The molecule has 0 saturated carbocycles. The van der Waals surface area contributed by atoms with Crippen molar-refractivity contribution in [2.45, 2.75) is 13.0 Å². The Morgan fingerprint density at radius 3 is 2.88 bits per heavy atom. The van der Waals surface area contributed by atoms with Crippen LogP contribution in [-0.4, -0.2) is 34.1 Å². The molecule has 3 aromatic rings. The Labute approximate surface area is 151 Å². The van der Waals surface area contributed by atoms with Crippen molar-refractivity contribution in [3.63, 3.8) is 0 Å². The fourth-order valence-corrected chi connectivity index (χ4v) is 3.02. The molecule has 6 nitrogen and oxygen atoms in total. The lowest BCUT2D eigenvalue weighted by atomic mass is 10.1. The predicted octanol–water partition coefficient (Wildman–Crippen LogP) is 2.97. The van der Waals surface area contributed by atoms with Crippen LogP contribution < -0.4 is 5.32 Å². The molecule has 2 heterocycles. The standard InChI is InChI=1S/C20H20N4O2/c25-20(17-9-10-26-14-17)21-18-8-4-7-16(11-18)19-13-24(23-22-19)12-15-5-2-1-3-6-15/h1-8,11,13,17H,9-10,12,14H2,(H,21,25). The van der Waals surface area contributed by atoms with Gasteiger partial charge in [0, 0.05) is 17.9 Å². The second kappa shape index (κ2) is 7.49. The van der Waals surface area contributed by atoms with Gasteiger partial charge in [-0.2, -0.15) is 0 Å². The summed E-state index contributed by atoms with van der Waals surface area (Å²) in [5.74, 6) is -0.0576. The van der Waals surface area contributed by atoms with Gasteiger partial charge in [0.05, 0.1) is 25.3 Å². The molecule has 1 aliphatic heterocycles. The van der Waals surface area contributed by atoms with Gasteiger partial charge in [-0.05, 0) is 24.1 Å². The second-order valence-electron chi connectivity index (χ2n) is 6.42. The highest BCUT2D eigenvalue weighted by Crippen LogP contribution is 2.22. The molecule has 0 aliphatic carbocycles. The van der Waals surface area contributed by atoms with Crippen LogP contribution in [-0.2, 0) is 16.1 Å². The molecule has 1 aromatic heterocycles. The lowest BCUT2D eigenvalue weighted by molar-refractivity contribution is -0.119. The van der Waals surface area contributed by atoms with E-state index in [9.17, 15) is 4.79 Å². The minimum Gasteiger partial charge on any atom is -0.381 e. The van der Waals surface area contributed by atoms with Gasteiger partial charge in [0.2, 0.25) is 5.91 Å². The summed E-state index contributed by atoms with van der Waals surface area (Å²) in [6.07, 6.45) is 2.69. The molecule has 1 atom stereocenters. The first-order valence-electron chi connectivity index (χ1n) is 8.71. The summed E-state index contributed by atoms with van der Waals surface area (Å²) in [5.41, 5.74) is 3.63. The number of hydrogen-bond donors (Lipinski definition) is 1. The van der Waals surface area contributed by atoms with Crippen molar-refractivity contribution >= 4 is 11.6 Å². The lowest BCUT2D eigenvalue weighted by Crippen LogP contribution is -2.22. The van der Waals surface area contributed by atoms with Crippen LogP contribution in [0.2, 0.25) is 0 Å². The number of benzene rings is 2. The molecule has 0 radical (unpaired) electrons. The van der Waals surface area contributed by atoms with Crippen molar-refractivity contribution in [3.8, 4) is 11.3 Å². The SMILES string of the molecule is O=C(Nc1cccc(-c2cn(Cc3ccccc3)nn2)c1)C1CCOC1. The molecule has 0 spiro atoms. The van der Waals surface area contributed by atoms with Gasteiger partial charge in [-0.15, -0.1) is 5.10 Å². The van der Waals surface area contributed by atoms with E-state index in [2.05, 4.69) is 27.8 Å². The maximum atomic E-state index is 12.2. The fourth-order valence-electron chi connectivity index (χ4n) is 3.02. The molecule has 132 valence electrons. The first kappa shape index (κ1) is 16.5. The maximum Gasteiger partial charge on any atom is 0.229 e. The van der Waals surface area contributed by atoms with E-state index < -0.39 is 0 Å². The van der Waals surface area contributed by atoms with Gasteiger partial charge in [-0.3, -0.25) is 4.79 Å². The van der Waals surface area contributed by atoms with Crippen molar-refractivity contribution in [2.75, 3.05) is 18.5 Å². The zero-order valence-electron chi connectivity index (χ0n) is 14.3. The highest BCUT2D eigenvalue weighted by atomic mass is 16.5. The van der Waals surface area contributed by atoms with Crippen molar-refractivity contribution < 1.29 is 9.53 Å². The molecule has 1 fully saturated rings. The largest absolute Gasteiger partial charge is 0.381 e. The number of nitrogens with zero attached hydrogens (tertiary/aromatic N) is 3. The number of carbonyl (C=O) groups is 1. The van der Waals surface area contributed by atoms with Crippen molar-refractivity contribution in [3.05, 3.63) is 66.4 Å². The van der Waals surface area contributed by atoms with Crippen LogP contribution in [0.4, 0.5) is 5.69 Å². The first-order chi connectivity index (χ1) is 12.8. The Bertz CT molecular complexity index is 886. The molecular formula is C20H20N4O2. The summed E-state index contributed by atoms with van der Waals surface area (Å²) in [6, 6.07) is 17.8. The topological polar surface area (TPSA) is 69.0 Å². The number of anilines is 1. The highest BCUT2D eigenvalue weighted by molar-refractivity contribution is 5.93. The zero-order chi connectivity index (χ0) is 17.8. The average Bonchev–Trinajstić information content (AvgIpc) is 3.35. The van der Waals surface area contributed by atoms with Crippen LogP contribution in [0.1, 0.15) is 12.0 Å². The number of carbonyl (C=O) groups excluding carboxylic acids is 1. The van der Waals surface area contributed by atoms with Crippen LogP contribution in [0.15, 0.2) is 60.8 Å². The van der Waals surface area contributed by atoms with E-state index >= 15 is 0 Å². The molecule has 1 N–H and O–H groups in total. The number of aromatic nitrogens is 3. The molecule has 6 heteroatoms. The number of ether oxygens (including phenoxy) is 1. The average molecular weight is 348 g/mol. The van der Waals surface area contributed by atoms with E-state index in [0.717, 1.165) is 23.4 Å². The number of nitrogens with one attached hydrogen (secondary N) is 1. The lowest BCUT2D eigenvalue weighted by Gasteiger charge is -2.10. The van der Waals surface area contributed by atoms with Gasteiger partial charge >= 0.3 is 0 Å². The van der Waals surface area contributed by atoms with Crippen molar-refractivity contribution in [1.82, 2.24) is 15.0 Å². The van der Waals surface area contributed by atoms with Gasteiger partial charge in [0.25, 0.3) is 0 Å². The Morgan fingerprint density at radius 2 is 2.08 bits per heavy atom. The third-order valence-electron chi connectivity index (χ3n) is 4.45. The fraction of sp³-hybridized carbons (Fsp3) is 0.250. The Morgan fingerprint density at radius 1 is 1.19 bits per heavy atom. The molecule has 1 unspecified atom stereocenters. The van der Waals surface area contributed by atoms with Crippen LogP contribution in [0.5, 0.6) is 0 Å². The van der Waals surface area contributed by atoms with Gasteiger partial charge in [-0.25, -0.2) is 4.68 Å². The van der Waals surface area contributed by atoms with Crippen molar-refractivity contribution in [2.24, 2.45) is 5.92 Å². The molecule has 26 heavy (non-hydrogen) atoms. The van der Waals surface area contributed by atoms with Gasteiger partial charge in [0.1, 0.15) is 5.69 Å². The number of hydrogen-bond acceptors (Lipinski definition) is 4. The Balaban J connectivity index is 1.47. The molecule has 1 aliphatic rings. The summed E-state index contributed by atoms with van der Waals surface area (Å²) >= 11 is 0. The summed E-state index contributed by atoms with van der Waals surface area (Å²) in [6.45, 7) is 1.83. The summed E-state index contributed by atoms with van der Waals surface area (Å²) in [7, 11) is 0. The van der Waals surface area contributed by atoms with E-state index in [1.807, 2.05) is 53.3 Å². The molecule has 2 aromatic carbocycles. The summed E-state index contributed by atoms with van der Waals surface area (Å²) < 4.78 is 7.09. The first-order valence-corrected chi connectivity index (χ1v) is 8.71. The monoisotopic (exact) mass is 348 g/mol. The van der Waals surface area contributed by atoms with E-state index in [4.69, 9.17) is 4.74 Å². The second-order valence-corrected chi connectivity index (χ2v) is 6.42. The maximum absolute atomic E-state index is 12.2. The van der Waals surface area contributed by atoms with Gasteiger partial charge in [-0.1, -0.05) is 47.7 Å². The quantitative estimate of drug-likeness (QED) is 0.770. The Kier molecular flexibility index (Phi) is 4.75. The van der Waals surface area contributed by atoms with Gasteiger partial charge < -0.3 is 10.1 Å². The van der Waals surface area contributed by atoms with Crippen LogP contribution in [0.3, 0.4) is 0 Å². The predicted molar refractivity (Wildman–Crippen MR) is 98.6 cm³/mol.